The highest BCUT2D eigenvalue weighted by Gasteiger charge is 2.17. The largest absolute Gasteiger partial charge is 0.295 e. The topological polar surface area (TPSA) is 21.1 Å². The first-order valence-corrected chi connectivity index (χ1v) is 7.42. The second kappa shape index (κ2) is 7.37. The summed E-state index contributed by atoms with van der Waals surface area (Å²) in [6, 6.07) is 0.476. The van der Waals surface area contributed by atoms with Crippen molar-refractivity contribution in [3.05, 3.63) is 16.4 Å². The minimum atomic E-state index is 0.476. The molecule has 0 aliphatic carbocycles. The summed E-state index contributed by atoms with van der Waals surface area (Å²) >= 11 is 12.1. The van der Waals surface area contributed by atoms with Crippen molar-refractivity contribution in [3.8, 4) is 0 Å². The summed E-state index contributed by atoms with van der Waals surface area (Å²) in [6.45, 7) is 8.28. The lowest BCUT2D eigenvalue weighted by molar-refractivity contribution is 0.208. The fraction of sp³-hybridized carbons (Fsp3) is 0.769. The fourth-order valence-corrected chi connectivity index (χ4v) is 2.44. The lowest BCUT2D eigenvalue weighted by Crippen LogP contribution is -2.32. The highest BCUT2D eigenvalue weighted by Crippen LogP contribution is 2.23. The zero-order valence-electron chi connectivity index (χ0n) is 11.7. The third-order valence-corrected chi connectivity index (χ3v) is 3.87. The molecule has 1 aromatic rings. The van der Waals surface area contributed by atoms with E-state index in [1.807, 2.05) is 11.7 Å². The number of nitrogens with zero attached hydrogens (tertiary/aromatic N) is 3. The summed E-state index contributed by atoms with van der Waals surface area (Å²) in [6.07, 6.45) is 1.87. The molecule has 5 heteroatoms. The van der Waals surface area contributed by atoms with Gasteiger partial charge in [-0.05, 0) is 33.2 Å². The van der Waals surface area contributed by atoms with Crippen LogP contribution in [-0.4, -0.2) is 33.1 Å². The van der Waals surface area contributed by atoms with E-state index in [-0.39, 0.29) is 0 Å². The summed E-state index contributed by atoms with van der Waals surface area (Å²) in [4.78, 5) is 2.38. The molecule has 0 bridgehead atoms. The van der Waals surface area contributed by atoms with Crippen LogP contribution in [0.15, 0.2) is 0 Å². The molecule has 0 saturated carbocycles. The predicted molar refractivity (Wildman–Crippen MR) is 78.5 cm³/mol. The SMILES string of the molecule is CCc1nn(C)c(CN(CCCCl)C(C)C)c1Cl. The number of aryl methyl sites for hydroxylation is 2. The van der Waals surface area contributed by atoms with Crippen LogP contribution in [0, 0.1) is 0 Å². The molecule has 0 aromatic carbocycles. The maximum Gasteiger partial charge on any atom is 0.0863 e. The first-order valence-electron chi connectivity index (χ1n) is 6.51. The smallest absolute Gasteiger partial charge is 0.0863 e. The van der Waals surface area contributed by atoms with Crippen molar-refractivity contribution in [1.29, 1.82) is 0 Å². The zero-order valence-corrected chi connectivity index (χ0v) is 13.2. The summed E-state index contributed by atoms with van der Waals surface area (Å²) in [5.74, 6) is 0.697. The molecule has 18 heavy (non-hydrogen) atoms. The van der Waals surface area contributed by atoms with Crippen LogP contribution in [0.5, 0.6) is 0 Å². The van der Waals surface area contributed by atoms with Crippen molar-refractivity contribution < 1.29 is 0 Å². The highest BCUT2D eigenvalue weighted by atomic mass is 35.5. The molecule has 0 aliphatic heterocycles. The molecule has 1 rings (SSSR count). The Morgan fingerprint density at radius 3 is 2.50 bits per heavy atom. The van der Waals surface area contributed by atoms with Gasteiger partial charge in [0.25, 0.3) is 0 Å². The van der Waals surface area contributed by atoms with E-state index in [1.54, 1.807) is 0 Å². The van der Waals surface area contributed by atoms with Gasteiger partial charge in [-0.25, -0.2) is 0 Å². The maximum absolute atomic E-state index is 6.38. The van der Waals surface area contributed by atoms with Gasteiger partial charge in [-0.2, -0.15) is 5.10 Å². The van der Waals surface area contributed by atoms with E-state index in [2.05, 4.69) is 30.8 Å². The Morgan fingerprint density at radius 2 is 2.06 bits per heavy atom. The third kappa shape index (κ3) is 3.87. The van der Waals surface area contributed by atoms with E-state index in [9.17, 15) is 0 Å². The average molecular weight is 292 g/mol. The van der Waals surface area contributed by atoms with Crippen LogP contribution in [0.25, 0.3) is 0 Å². The first-order chi connectivity index (χ1) is 8.51. The van der Waals surface area contributed by atoms with Crippen LogP contribution < -0.4 is 0 Å². The number of alkyl halides is 1. The van der Waals surface area contributed by atoms with Crippen molar-refractivity contribution in [2.75, 3.05) is 12.4 Å². The molecule has 0 N–H and O–H groups in total. The Balaban J connectivity index is 2.83. The number of halogens is 2. The van der Waals surface area contributed by atoms with Gasteiger partial charge in [0.1, 0.15) is 0 Å². The Bertz CT molecular complexity index is 375. The molecule has 0 radical (unpaired) electrons. The van der Waals surface area contributed by atoms with E-state index in [0.717, 1.165) is 42.3 Å². The van der Waals surface area contributed by atoms with Gasteiger partial charge in [-0.15, -0.1) is 11.6 Å². The summed E-state index contributed by atoms with van der Waals surface area (Å²) in [5, 5.41) is 5.27. The Morgan fingerprint density at radius 1 is 1.39 bits per heavy atom. The zero-order chi connectivity index (χ0) is 13.7. The Kier molecular flexibility index (Phi) is 6.47. The van der Waals surface area contributed by atoms with Crippen LogP contribution in [0.2, 0.25) is 5.02 Å². The molecule has 0 amide bonds. The second-order valence-electron chi connectivity index (χ2n) is 4.79. The molecule has 1 heterocycles. The minimum Gasteiger partial charge on any atom is -0.295 e. The summed E-state index contributed by atoms with van der Waals surface area (Å²) < 4.78 is 1.90. The second-order valence-corrected chi connectivity index (χ2v) is 5.55. The molecule has 104 valence electrons. The molecule has 0 saturated heterocycles. The van der Waals surface area contributed by atoms with Gasteiger partial charge in [0.15, 0.2) is 0 Å². The number of hydrogen-bond donors (Lipinski definition) is 0. The highest BCUT2D eigenvalue weighted by molar-refractivity contribution is 6.31. The number of aromatic nitrogens is 2. The molecular formula is C13H23Cl2N3. The molecule has 3 nitrogen and oxygen atoms in total. The van der Waals surface area contributed by atoms with Crippen molar-refractivity contribution in [1.82, 2.24) is 14.7 Å². The lowest BCUT2D eigenvalue weighted by Gasteiger charge is -2.26. The van der Waals surface area contributed by atoms with E-state index >= 15 is 0 Å². The van der Waals surface area contributed by atoms with Crippen molar-refractivity contribution in [2.24, 2.45) is 7.05 Å². The fourth-order valence-electron chi connectivity index (χ4n) is 1.97. The van der Waals surface area contributed by atoms with Crippen molar-refractivity contribution >= 4 is 23.2 Å². The molecule has 0 fully saturated rings. The molecule has 0 spiro atoms. The number of rotatable bonds is 7. The van der Waals surface area contributed by atoms with Gasteiger partial charge in [-0.3, -0.25) is 9.58 Å². The van der Waals surface area contributed by atoms with Gasteiger partial charge in [0.2, 0.25) is 0 Å². The monoisotopic (exact) mass is 291 g/mol. The standard InChI is InChI=1S/C13H23Cl2N3/c1-5-11-13(15)12(17(4)16-11)9-18(10(2)3)8-6-7-14/h10H,5-9H2,1-4H3. The van der Waals surface area contributed by atoms with Crippen LogP contribution >= 0.6 is 23.2 Å². The minimum absolute atomic E-state index is 0.476. The van der Waals surface area contributed by atoms with Gasteiger partial charge < -0.3 is 0 Å². The van der Waals surface area contributed by atoms with Gasteiger partial charge in [0, 0.05) is 25.5 Å². The van der Waals surface area contributed by atoms with E-state index in [1.165, 1.54) is 0 Å². The van der Waals surface area contributed by atoms with Crippen LogP contribution in [0.4, 0.5) is 0 Å². The van der Waals surface area contributed by atoms with Crippen LogP contribution in [0.3, 0.4) is 0 Å². The first kappa shape index (κ1) is 15.8. The molecule has 0 unspecified atom stereocenters. The van der Waals surface area contributed by atoms with Crippen molar-refractivity contribution in [2.45, 2.75) is 46.2 Å². The predicted octanol–water partition coefficient (Wildman–Crippen LogP) is 3.48. The lowest BCUT2D eigenvalue weighted by atomic mass is 10.2. The molecule has 0 atom stereocenters. The Labute approximate surface area is 120 Å². The molecule has 0 aliphatic rings. The normalized spacial score (nSPS) is 11.8. The summed E-state index contributed by atoms with van der Waals surface area (Å²) in [7, 11) is 1.96. The quantitative estimate of drug-likeness (QED) is 0.717. The Hall–Kier alpha value is -0.250. The maximum atomic E-state index is 6.38. The molecular weight excluding hydrogens is 269 g/mol. The van der Waals surface area contributed by atoms with Gasteiger partial charge >= 0.3 is 0 Å². The van der Waals surface area contributed by atoms with Gasteiger partial charge in [0.05, 0.1) is 16.4 Å². The van der Waals surface area contributed by atoms with Crippen LogP contribution in [-0.2, 0) is 20.0 Å². The van der Waals surface area contributed by atoms with E-state index in [4.69, 9.17) is 23.2 Å². The average Bonchev–Trinajstić information content (AvgIpc) is 2.60. The third-order valence-electron chi connectivity index (χ3n) is 3.17. The van der Waals surface area contributed by atoms with E-state index < -0.39 is 0 Å². The van der Waals surface area contributed by atoms with Crippen molar-refractivity contribution in [3.63, 3.8) is 0 Å². The number of hydrogen-bond acceptors (Lipinski definition) is 2. The van der Waals surface area contributed by atoms with E-state index in [0.29, 0.717) is 11.9 Å². The van der Waals surface area contributed by atoms with Gasteiger partial charge in [-0.1, -0.05) is 18.5 Å². The summed E-state index contributed by atoms with van der Waals surface area (Å²) in [5.41, 5.74) is 2.08. The molecule has 1 aromatic heterocycles. The van der Waals surface area contributed by atoms with Crippen LogP contribution in [0.1, 0.15) is 38.6 Å².